The summed E-state index contributed by atoms with van der Waals surface area (Å²) in [5, 5.41) is 14.2. The van der Waals surface area contributed by atoms with Gasteiger partial charge in [0.05, 0.1) is 11.8 Å². The van der Waals surface area contributed by atoms with E-state index in [-0.39, 0.29) is 11.7 Å². The molecular formula is C15H11Br2ClN2O2. The number of hydrogen-bond acceptors (Lipinski definition) is 3. The van der Waals surface area contributed by atoms with Gasteiger partial charge in [-0.05, 0) is 58.7 Å². The van der Waals surface area contributed by atoms with E-state index in [0.29, 0.717) is 26.2 Å². The summed E-state index contributed by atoms with van der Waals surface area (Å²) in [6, 6.07) is 8.40. The molecule has 114 valence electrons. The topological polar surface area (TPSA) is 61.7 Å². The normalized spacial score (nSPS) is 10.9. The fourth-order valence-electron chi connectivity index (χ4n) is 1.75. The molecule has 0 aliphatic carbocycles. The number of benzene rings is 2. The Hall–Kier alpha value is -1.37. The van der Waals surface area contributed by atoms with E-state index < -0.39 is 0 Å². The van der Waals surface area contributed by atoms with Crippen LogP contribution in [0.25, 0.3) is 0 Å². The third-order valence-corrected chi connectivity index (χ3v) is 4.21. The first-order chi connectivity index (χ1) is 10.4. The fourth-order valence-corrected chi connectivity index (χ4v) is 3.26. The minimum atomic E-state index is -0.367. The molecule has 0 aromatic heterocycles. The van der Waals surface area contributed by atoms with E-state index in [0.717, 1.165) is 4.47 Å². The van der Waals surface area contributed by atoms with E-state index in [4.69, 9.17) is 11.6 Å². The molecule has 0 atom stereocenters. The zero-order valence-corrected chi connectivity index (χ0v) is 15.3. The second-order valence-corrected chi connectivity index (χ2v) is 6.69. The molecule has 2 aromatic carbocycles. The van der Waals surface area contributed by atoms with E-state index in [1.165, 1.54) is 6.21 Å². The molecule has 22 heavy (non-hydrogen) atoms. The van der Waals surface area contributed by atoms with Crippen molar-refractivity contribution in [1.82, 2.24) is 5.43 Å². The van der Waals surface area contributed by atoms with Crippen LogP contribution in [0.2, 0.25) is 5.02 Å². The Labute approximate surface area is 149 Å². The lowest BCUT2D eigenvalue weighted by Crippen LogP contribution is -2.18. The molecular weight excluding hydrogens is 435 g/mol. The van der Waals surface area contributed by atoms with Crippen molar-refractivity contribution >= 4 is 55.6 Å². The summed E-state index contributed by atoms with van der Waals surface area (Å²) >= 11 is 12.6. The summed E-state index contributed by atoms with van der Waals surface area (Å²) in [6.45, 7) is 1.73. The van der Waals surface area contributed by atoms with Crippen molar-refractivity contribution in [2.45, 2.75) is 6.92 Å². The van der Waals surface area contributed by atoms with Gasteiger partial charge < -0.3 is 5.11 Å². The van der Waals surface area contributed by atoms with Gasteiger partial charge >= 0.3 is 0 Å². The first-order valence-electron chi connectivity index (χ1n) is 6.16. The maximum atomic E-state index is 12.0. The number of phenols is 1. The lowest BCUT2D eigenvalue weighted by molar-refractivity contribution is 0.0954. The number of aryl methyl sites for hydroxylation is 1. The number of hydrazone groups is 1. The highest BCUT2D eigenvalue weighted by molar-refractivity contribution is 9.11. The van der Waals surface area contributed by atoms with Crippen LogP contribution in [0.5, 0.6) is 5.75 Å². The lowest BCUT2D eigenvalue weighted by Gasteiger charge is -2.05. The second kappa shape index (κ2) is 7.26. The molecule has 0 unspecified atom stereocenters. The SMILES string of the molecule is Cc1cc(Cl)cc(/C=N/NC(=O)c2ccc(Br)cc2Br)c1O. The molecule has 0 bridgehead atoms. The molecule has 0 heterocycles. The van der Waals surface area contributed by atoms with Gasteiger partial charge in [0.25, 0.3) is 5.91 Å². The van der Waals surface area contributed by atoms with Crippen molar-refractivity contribution in [2.75, 3.05) is 0 Å². The number of nitrogens with zero attached hydrogens (tertiary/aromatic N) is 1. The van der Waals surface area contributed by atoms with Crippen molar-refractivity contribution < 1.29 is 9.90 Å². The smallest absolute Gasteiger partial charge is 0.272 e. The summed E-state index contributed by atoms with van der Waals surface area (Å²) < 4.78 is 1.51. The Bertz CT molecular complexity index is 763. The van der Waals surface area contributed by atoms with Crippen molar-refractivity contribution in [3.05, 3.63) is 61.0 Å². The van der Waals surface area contributed by atoms with Crippen LogP contribution < -0.4 is 5.43 Å². The van der Waals surface area contributed by atoms with E-state index in [1.807, 2.05) is 0 Å². The number of phenolic OH excluding ortho intramolecular Hbond substituents is 1. The lowest BCUT2D eigenvalue weighted by atomic mass is 10.1. The van der Waals surface area contributed by atoms with E-state index >= 15 is 0 Å². The van der Waals surface area contributed by atoms with Crippen LogP contribution in [-0.2, 0) is 0 Å². The highest BCUT2D eigenvalue weighted by atomic mass is 79.9. The fraction of sp³-hybridized carbons (Fsp3) is 0.0667. The first-order valence-corrected chi connectivity index (χ1v) is 8.12. The third-order valence-electron chi connectivity index (χ3n) is 2.84. The predicted molar refractivity (Wildman–Crippen MR) is 94.8 cm³/mol. The summed E-state index contributed by atoms with van der Waals surface area (Å²) in [5.41, 5.74) is 3.92. The van der Waals surface area contributed by atoms with Crippen LogP contribution in [-0.4, -0.2) is 17.2 Å². The van der Waals surface area contributed by atoms with Crippen LogP contribution in [0.15, 0.2) is 44.4 Å². The molecule has 0 radical (unpaired) electrons. The van der Waals surface area contributed by atoms with E-state index in [9.17, 15) is 9.90 Å². The molecule has 7 heteroatoms. The van der Waals surface area contributed by atoms with Crippen LogP contribution >= 0.6 is 43.5 Å². The number of carbonyl (C=O) groups excluding carboxylic acids is 1. The highest BCUT2D eigenvalue weighted by Crippen LogP contribution is 2.25. The maximum Gasteiger partial charge on any atom is 0.272 e. The highest BCUT2D eigenvalue weighted by Gasteiger charge is 2.09. The average molecular weight is 447 g/mol. The zero-order valence-electron chi connectivity index (χ0n) is 11.4. The standard InChI is InChI=1S/C15H11Br2ClN2O2/c1-8-4-11(18)5-9(14(8)21)7-19-20-15(22)12-3-2-10(16)6-13(12)17/h2-7,21H,1H3,(H,20,22)/b19-7+. The minimum absolute atomic E-state index is 0.0761. The molecule has 2 aromatic rings. The number of halogens is 3. The number of rotatable bonds is 3. The summed E-state index contributed by atoms with van der Waals surface area (Å²) in [6.07, 6.45) is 1.35. The first kappa shape index (κ1) is 17.0. The van der Waals surface area contributed by atoms with E-state index in [2.05, 4.69) is 42.4 Å². The molecule has 0 aliphatic rings. The Balaban J connectivity index is 2.14. The van der Waals surface area contributed by atoms with Gasteiger partial charge in [0.2, 0.25) is 0 Å². The number of nitrogens with one attached hydrogen (secondary N) is 1. The van der Waals surface area contributed by atoms with Gasteiger partial charge in [-0.15, -0.1) is 0 Å². The van der Waals surface area contributed by atoms with Crippen LogP contribution in [0.3, 0.4) is 0 Å². The third kappa shape index (κ3) is 4.09. The van der Waals surface area contributed by atoms with Gasteiger partial charge in [-0.1, -0.05) is 27.5 Å². The Morgan fingerprint density at radius 3 is 2.73 bits per heavy atom. The van der Waals surface area contributed by atoms with Gasteiger partial charge in [-0.3, -0.25) is 4.79 Å². The van der Waals surface area contributed by atoms with Crippen molar-refractivity contribution in [1.29, 1.82) is 0 Å². The summed E-state index contributed by atoms with van der Waals surface area (Å²) in [4.78, 5) is 12.0. The van der Waals surface area contributed by atoms with Gasteiger partial charge in [-0.2, -0.15) is 5.10 Å². The molecule has 0 saturated carbocycles. The summed E-state index contributed by atoms with van der Waals surface area (Å²) in [5.74, 6) is -0.291. The van der Waals surface area contributed by atoms with Gasteiger partial charge in [0, 0.05) is 19.5 Å². The Morgan fingerprint density at radius 2 is 2.05 bits per heavy atom. The molecule has 0 saturated heterocycles. The monoisotopic (exact) mass is 444 g/mol. The summed E-state index contributed by atoms with van der Waals surface area (Å²) in [7, 11) is 0. The minimum Gasteiger partial charge on any atom is -0.507 e. The van der Waals surface area contributed by atoms with Crippen molar-refractivity contribution in [3.63, 3.8) is 0 Å². The molecule has 0 fully saturated rings. The maximum absolute atomic E-state index is 12.0. The second-order valence-electron chi connectivity index (χ2n) is 4.48. The Kier molecular flexibility index (Phi) is 5.61. The predicted octanol–water partition coefficient (Wildman–Crippen LogP) is 4.64. The van der Waals surface area contributed by atoms with Gasteiger partial charge in [-0.25, -0.2) is 5.43 Å². The largest absolute Gasteiger partial charge is 0.507 e. The molecule has 1 amide bonds. The number of amides is 1. The van der Waals surface area contributed by atoms with Crippen LogP contribution in [0.4, 0.5) is 0 Å². The van der Waals surface area contributed by atoms with Crippen LogP contribution in [0.1, 0.15) is 21.5 Å². The molecule has 0 aliphatic heterocycles. The molecule has 2 rings (SSSR count). The zero-order chi connectivity index (χ0) is 16.3. The quantitative estimate of drug-likeness (QED) is 0.533. The van der Waals surface area contributed by atoms with Gasteiger partial charge in [0.15, 0.2) is 0 Å². The molecule has 2 N–H and O–H groups in total. The number of aromatic hydroxyl groups is 1. The number of carbonyl (C=O) groups is 1. The van der Waals surface area contributed by atoms with E-state index in [1.54, 1.807) is 37.3 Å². The molecule has 4 nitrogen and oxygen atoms in total. The van der Waals surface area contributed by atoms with Crippen molar-refractivity contribution in [2.24, 2.45) is 5.10 Å². The number of hydrogen-bond donors (Lipinski definition) is 2. The molecule has 0 spiro atoms. The van der Waals surface area contributed by atoms with Crippen LogP contribution in [0, 0.1) is 6.92 Å². The Morgan fingerprint density at radius 1 is 1.32 bits per heavy atom. The van der Waals surface area contributed by atoms with Crippen molar-refractivity contribution in [3.8, 4) is 5.75 Å². The van der Waals surface area contributed by atoms with Gasteiger partial charge in [0.1, 0.15) is 5.75 Å². The average Bonchev–Trinajstić information content (AvgIpc) is 2.43.